The summed E-state index contributed by atoms with van der Waals surface area (Å²) in [6, 6.07) is 64.2. The average molecular weight is 639 g/mol. The van der Waals surface area contributed by atoms with Crippen molar-refractivity contribution < 1.29 is 4.42 Å². The van der Waals surface area contributed by atoms with Crippen LogP contribution in [0, 0.1) is 0 Å². The SMILES string of the molecule is c1ccc(-c2cc(-c3ccc4c(c3)oc3cc5c(cc34)-c3ccccc3C5(c3ccccc3)c3ccccc3)nc(-c3ccccc3)n2)cc1. The quantitative estimate of drug-likeness (QED) is 0.188. The Morgan fingerprint density at radius 1 is 0.380 bits per heavy atom. The van der Waals surface area contributed by atoms with E-state index in [0.29, 0.717) is 5.82 Å². The summed E-state index contributed by atoms with van der Waals surface area (Å²) in [4.78, 5) is 10.0. The zero-order chi connectivity index (χ0) is 33.1. The molecule has 50 heavy (non-hydrogen) atoms. The minimum absolute atomic E-state index is 0.477. The number of hydrogen-bond donors (Lipinski definition) is 0. The normalized spacial score (nSPS) is 13.0. The van der Waals surface area contributed by atoms with E-state index in [1.165, 1.54) is 33.4 Å². The molecule has 0 amide bonds. The average Bonchev–Trinajstić information content (AvgIpc) is 3.70. The van der Waals surface area contributed by atoms with Crippen molar-refractivity contribution in [2.45, 2.75) is 5.41 Å². The molecule has 0 bridgehead atoms. The van der Waals surface area contributed by atoms with Gasteiger partial charge in [-0.2, -0.15) is 0 Å². The van der Waals surface area contributed by atoms with E-state index in [0.717, 1.165) is 50.0 Å². The zero-order valence-corrected chi connectivity index (χ0v) is 27.1. The number of benzene rings is 7. The Morgan fingerprint density at radius 3 is 1.62 bits per heavy atom. The van der Waals surface area contributed by atoms with Gasteiger partial charge in [0.2, 0.25) is 0 Å². The van der Waals surface area contributed by atoms with Crippen LogP contribution in [0.4, 0.5) is 0 Å². The Hall–Kier alpha value is -6.58. The van der Waals surface area contributed by atoms with Crippen LogP contribution in [0.1, 0.15) is 22.3 Å². The molecule has 0 spiro atoms. The highest BCUT2D eigenvalue weighted by Crippen LogP contribution is 2.57. The van der Waals surface area contributed by atoms with Gasteiger partial charge in [0.05, 0.1) is 16.8 Å². The molecule has 7 aromatic carbocycles. The van der Waals surface area contributed by atoms with E-state index in [4.69, 9.17) is 14.4 Å². The van der Waals surface area contributed by atoms with Crippen molar-refractivity contribution >= 4 is 21.9 Å². The lowest BCUT2D eigenvalue weighted by atomic mass is 9.67. The summed E-state index contributed by atoms with van der Waals surface area (Å²) in [5.74, 6) is 0.694. The van der Waals surface area contributed by atoms with Crippen LogP contribution in [0.25, 0.3) is 67.0 Å². The van der Waals surface area contributed by atoms with Crippen LogP contribution >= 0.6 is 0 Å². The van der Waals surface area contributed by atoms with Crippen LogP contribution in [0.3, 0.4) is 0 Å². The maximum atomic E-state index is 6.79. The third-order valence-corrected chi connectivity index (χ3v) is 10.2. The van der Waals surface area contributed by atoms with Crippen LogP contribution < -0.4 is 0 Å². The molecule has 0 aliphatic heterocycles. The molecule has 3 heteroatoms. The Labute approximate surface area is 290 Å². The summed E-state index contributed by atoms with van der Waals surface area (Å²) in [6.07, 6.45) is 0. The van der Waals surface area contributed by atoms with Gasteiger partial charge in [-0.05, 0) is 63.7 Å². The first-order valence-electron chi connectivity index (χ1n) is 17.0. The van der Waals surface area contributed by atoms with Gasteiger partial charge in [-0.15, -0.1) is 0 Å². The van der Waals surface area contributed by atoms with Crippen LogP contribution in [0.15, 0.2) is 186 Å². The van der Waals surface area contributed by atoms with Crippen molar-refractivity contribution in [3.8, 4) is 45.0 Å². The van der Waals surface area contributed by atoms with Gasteiger partial charge in [0.15, 0.2) is 5.82 Å². The number of hydrogen-bond acceptors (Lipinski definition) is 3. The van der Waals surface area contributed by atoms with E-state index in [9.17, 15) is 0 Å². The maximum Gasteiger partial charge on any atom is 0.160 e. The van der Waals surface area contributed by atoms with E-state index >= 15 is 0 Å². The molecule has 2 heterocycles. The second-order valence-corrected chi connectivity index (χ2v) is 12.9. The van der Waals surface area contributed by atoms with Crippen molar-refractivity contribution in [3.05, 3.63) is 204 Å². The molecule has 0 N–H and O–H groups in total. The summed E-state index contributed by atoms with van der Waals surface area (Å²) in [5, 5.41) is 2.19. The summed E-state index contributed by atoms with van der Waals surface area (Å²) in [7, 11) is 0. The maximum absolute atomic E-state index is 6.79. The number of nitrogens with zero attached hydrogens (tertiary/aromatic N) is 2. The predicted molar refractivity (Wildman–Crippen MR) is 203 cm³/mol. The lowest BCUT2D eigenvalue weighted by Crippen LogP contribution is -2.28. The largest absolute Gasteiger partial charge is 0.456 e. The molecule has 0 atom stereocenters. The number of furan rings is 1. The molecule has 234 valence electrons. The van der Waals surface area contributed by atoms with Crippen LogP contribution in [0.5, 0.6) is 0 Å². The molecule has 0 unspecified atom stereocenters. The topological polar surface area (TPSA) is 38.9 Å². The number of rotatable bonds is 5. The Kier molecular flexibility index (Phi) is 6.40. The first-order valence-corrected chi connectivity index (χ1v) is 17.0. The van der Waals surface area contributed by atoms with Crippen molar-refractivity contribution in [2.24, 2.45) is 0 Å². The molecule has 2 aromatic heterocycles. The third kappa shape index (κ3) is 4.30. The highest BCUT2D eigenvalue weighted by molar-refractivity contribution is 6.09. The van der Waals surface area contributed by atoms with Crippen LogP contribution in [-0.2, 0) is 5.41 Å². The lowest BCUT2D eigenvalue weighted by molar-refractivity contribution is 0.666. The van der Waals surface area contributed by atoms with Crippen molar-refractivity contribution in [1.29, 1.82) is 0 Å². The smallest absolute Gasteiger partial charge is 0.160 e. The monoisotopic (exact) mass is 638 g/mol. The molecule has 9 aromatic rings. The Bertz CT molecular complexity index is 2580. The molecule has 0 fully saturated rings. The molecule has 1 aliphatic rings. The fourth-order valence-corrected chi connectivity index (χ4v) is 7.94. The van der Waals surface area contributed by atoms with Crippen molar-refractivity contribution in [2.75, 3.05) is 0 Å². The van der Waals surface area contributed by atoms with Gasteiger partial charge in [0.25, 0.3) is 0 Å². The molecule has 0 saturated carbocycles. The van der Waals surface area contributed by atoms with Gasteiger partial charge < -0.3 is 4.42 Å². The van der Waals surface area contributed by atoms with Gasteiger partial charge >= 0.3 is 0 Å². The molecule has 1 aliphatic carbocycles. The van der Waals surface area contributed by atoms with E-state index in [1.807, 2.05) is 36.4 Å². The minimum Gasteiger partial charge on any atom is -0.456 e. The summed E-state index contributed by atoms with van der Waals surface area (Å²) in [5.41, 5.74) is 13.5. The highest BCUT2D eigenvalue weighted by atomic mass is 16.3. The second kappa shape index (κ2) is 11.3. The van der Waals surface area contributed by atoms with Crippen molar-refractivity contribution in [3.63, 3.8) is 0 Å². The molecular formula is C47H30N2O. The second-order valence-electron chi connectivity index (χ2n) is 12.9. The summed E-state index contributed by atoms with van der Waals surface area (Å²) in [6.45, 7) is 0. The first kappa shape index (κ1) is 28.4. The zero-order valence-electron chi connectivity index (χ0n) is 27.1. The summed E-state index contributed by atoms with van der Waals surface area (Å²) >= 11 is 0. The summed E-state index contributed by atoms with van der Waals surface area (Å²) < 4.78 is 6.79. The molecule has 0 saturated heterocycles. The molecule has 10 rings (SSSR count). The Balaban J connectivity index is 1.18. The number of fused-ring (bicyclic) bond motifs is 6. The van der Waals surface area contributed by atoms with E-state index in [-0.39, 0.29) is 0 Å². The van der Waals surface area contributed by atoms with Gasteiger partial charge in [-0.25, -0.2) is 9.97 Å². The standard InChI is InChI=1S/C47H30N2O/c1-5-15-31(16-6-1)42-30-43(49-46(48-42)32-17-7-2-8-18-32)33-25-26-37-39-28-38-36-23-13-14-24-40(36)47(34-19-9-3-10-20-34,35-21-11-4-12-22-35)41(38)29-45(39)50-44(37)27-33/h1-30H. The lowest BCUT2D eigenvalue weighted by Gasteiger charge is -2.33. The van der Waals surface area contributed by atoms with Gasteiger partial charge in [0.1, 0.15) is 11.2 Å². The Morgan fingerprint density at radius 2 is 0.940 bits per heavy atom. The van der Waals surface area contributed by atoms with Crippen LogP contribution in [-0.4, -0.2) is 9.97 Å². The van der Waals surface area contributed by atoms with Crippen molar-refractivity contribution in [1.82, 2.24) is 9.97 Å². The van der Waals surface area contributed by atoms with Gasteiger partial charge in [-0.1, -0.05) is 152 Å². The molecule has 3 nitrogen and oxygen atoms in total. The first-order chi connectivity index (χ1) is 24.8. The third-order valence-electron chi connectivity index (χ3n) is 10.2. The van der Waals surface area contributed by atoms with Gasteiger partial charge in [-0.3, -0.25) is 0 Å². The van der Waals surface area contributed by atoms with E-state index in [1.54, 1.807) is 0 Å². The van der Waals surface area contributed by atoms with Gasteiger partial charge in [0, 0.05) is 27.5 Å². The molecule has 0 radical (unpaired) electrons. The van der Waals surface area contributed by atoms with E-state index < -0.39 is 5.41 Å². The molecular weight excluding hydrogens is 609 g/mol. The highest BCUT2D eigenvalue weighted by Gasteiger charge is 2.46. The van der Waals surface area contributed by atoms with E-state index in [2.05, 4.69) is 146 Å². The predicted octanol–water partition coefficient (Wildman–Crippen LogP) is 11.7. The number of aromatic nitrogens is 2. The minimum atomic E-state index is -0.477. The fourth-order valence-electron chi connectivity index (χ4n) is 7.94. The fraction of sp³-hybridized carbons (Fsp3) is 0.0213. The van der Waals surface area contributed by atoms with Crippen LogP contribution in [0.2, 0.25) is 0 Å².